The molecule has 1 saturated heterocycles. The number of thiophene rings is 1. The fourth-order valence-electron chi connectivity index (χ4n) is 1.47. The van der Waals surface area contributed by atoms with Crippen LogP contribution in [0, 0.1) is 0 Å². The van der Waals surface area contributed by atoms with E-state index < -0.39 is 0 Å². The highest BCUT2D eigenvalue weighted by molar-refractivity contribution is 7.16. The fraction of sp³-hybridized carbons (Fsp3) is 0.600. The monoisotopic (exact) mass is 231 g/mol. The third kappa shape index (κ3) is 2.28. The summed E-state index contributed by atoms with van der Waals surface area (Å²) in [5.41, 5.74) is 0.0948. The van der Waals surface area contributed by atoms with Crippen molar-refractivity contribution in [3.05, 3.63) is 21.3 Å². The molecule has 0 amide bonds. The molecule has 78 valence electrons. The third-order valence-corrected chi connectivity index (χ3v) is 3.65. The van der Waals surface area contributed by atoms with E-state index in [1.165, 1.54) is 4.88 Å². The standard InChI is InChI=1S/C10H14ClNOS/c1-10(2)6-13-7(5-12-10)8-3-4-9(11)14-8/h3-4,7,12H,5-6H2,1-2H3. The summed E-state index contributed by atoms with van der Waals surface area (Å²) in [6.07, 6.45) is 0.167. The normalized spacial score (nSPS) is 26.4. The van der Waals surface area contributed by atoms with Crippen LogP contribution < -0.4 is 5.32 Å². The Bertz CT molecular complexity index is 314. The topological polar surface area (TPSA) is 21.3 Å². The zero-order valence-electron chi connectivity index (χ0n) is 8.34. The van der Waals surface area contributed by atoms with Gasteiger partial charge in [0.2, 0.25) is 0 Å². The highest BCUT2D eigenvalue weighted by atomic mass is 35.5. The van der Waals surface area contributed by atoms with Crippen molar-refractivity contribution >= 4 is 22.9 Å². The first-order valence-corrected chi connectivity index (χ1v) is 5.88. The van der Waals surface area contributed by atoms with Crippen LogP contribution in [0.15, 0.2) is 12.1 Å². The first kappa shape index (κ1) is 10.4. The molecule has 1 N–H and O–H groups in total. The number of hydrogen-bond acceptors (Lipinski definition) is 3. The van der Waals surface area contributed by atoms with E-state index in [1.54, 1.807) is 11.3 Å². The molecule has 14 heavy (non-hydrogen) atoms. The van der Waals surface area contributed by atoms with E-state index in [9.17, 15) is 0 Å². The Morgan fingerprint density at radius 3 is 2.86 bits per heavy atom. The first-order valence-electron chi connectivity index (χ1n) is 4.69. The summed E-state index contributed by atoms with van der Waals surface area (Å²) in [6.45, 7) is 5.90. The molecule has 1 atom stereocenters. The minimum Gasteiger partial charge on any atom is -0.369 e. The van der Waals surface area contributed by atoms with Gasteiger partial charge in [-0.1, -0.05) is 11.6 Å². The van der Waals surface area contributed by atoms with Crippen molar-refractivity contribution in [3.63, 3.8) is 0 Å². The molecule has 0 spiro atoms. The number of hydrogen-bond donors (Lipinski definition) is 1. The van der Waals surface area contributed by atoms with Crippen LogP contribution in [0.3, 0.4) is 0 Å². The summed E-state index contributed by atoms with van der Waals surface area (Å²) in [5, 5.41) is 3.45. The maximum atomic E-state index is 5.88. The minimum atomic E-state index is 0.0948. The van der Waals surface area contributed by atoms with E-state index in [0.717, 1.165) is 17.5 Å². The molecule has 0 radical (unpaired) electrons. The largest absolute Gasteiger partial charge is 0.369 e. The first-order chi connectivity index (χ1) is 6.57. The molecule has 0 saturated carbocycles. The van der Waals surface area contributed by atoms with Crippen LogP contribution in [-0.2, 0) is 4.74 Å². The van der Waals surface area contributed by atoms with E-state index in [0.29, 0.717) is 0 Å². The molecule has 1 aliphatic rings. The number of halogens is 1. The molecule has 0 bridgehead atoms. The van der Waals surface area contributed by atoms with Gasteiger partial charge < -0.3 is 10.1 Å². The molecular weight excluding hydrogens is 218 g/mol. The van der Waals surface area contributed by atoms with E-state index in [4.69, 9.17) is 16.3 Å². The van der Waals surface area contributed by atoms with Crippen LogP contribution in [0.25, 0.3) is 0 Å². The Labute approximate surface area is 93.2 Å². The zero-order valence-corrected chi connectivity index (χ0v) is 9.91. The van der Waals surface area contributed by atoms with Crippen molar-refractivity contribution in [2.24, 2.45) is 0 Å². The van der Waals surface area contributed by atoms with Gasteiger partial charge in [-0.15, -0.1) is 11.3 Å². The van der Waals surface area contributed by atoms with Gasteiger partial charge in [0.1, 0.15) is 6.10 Å². The van der Waals surface area contributed by atoms with Crippen LogP contribution in [0.4, 0.5) is 0 Å². The molecule has 4 heteroatoms. The SMILES string of the molecule is CC1(C)COC(c2ccc(Cl)s2)CN1. The number of morpholine rings is 1. The Balaban J connectivity index is 2.02. The second-order valence-corrected chi connectivity index (χ2v) is 5.95. The minimum absolute atomic E-state index is 0.0948. The quantitative estimate of drug-likeness (QED) is 0.803. The lowest BCUT2D eigenvalue weighted by Crippen LogP contribution is -2.50. The van der Waals surface area contributed by atoms with Gasteiger partial charge in [0.05, 0.1) is 10.9 Å². The van der Waals surface area contributed by atoms with Crippen molar-refractivity contribution in [2.45, 2.75) is 25.5 Å². The molecule has 1 aromatic rings. The lowest BCUT2D eigenvalue weighted by Gasteiger charge is -2.35. The summed E-state index contributed by atoms with van der Waals surface area (Å²) in [7, 11) is 0. The molecule has 1 unspecified atom stereocenters. The maximum absolute atomic E-state index is 5.88. The van der Waals surface area contributed by atoms with Gasteiger partial charge >= 0.3 is 0 Å². The molecular formula is C10H14ClNOS. The molecule has 1 aromatic heterocycles. The molecule has 1 aliphatic heterocycles. The predicted octanol–water partition coefficient (Wildman–Crippen LogP) is 2.84. The van der Waals surface area contributed by atoms with Gasteiger partial charge in [-0.25, -0.2) is 0 Å². The summed E-state index contributed by atoms with van der Waals surface area (Å²) in [5.74, 6) is 0. The molecule has 0 aromatic carbocycles. The van der Waals surface area contributed by atoms with Crippen LogP contribution >= 0.6 is 22.9 Å². The van der Waals surface area contributed by atoms with Crippen molar-refractivity contribution < 1.29 is 4.74 Å². The molecule has 2 rings (SSSR count). The van der Waals surface area contributed by atoms with Gasteiger partial charge in [0.25, 0.3) is 0 Å². The van der Waals surface area contributed by atoms with Gasteiger partial charge in [0.15, 0.2) is 0 Å². The van der Waals surface area contributed by atoms with Crippen molar-refractivity contribution in [2.75, 3.05) is 13.2 Å². The fourth-order valence-corrected chi connectivity index (χ4v) is 2.58. The predicted molar refractivity (Wildman–Crippen MR) is 60.1 cm³/mol. The average Bonchev–Trinajstić information content (AvgIpc) is 2.52. The maximum Gasteiger partial charge on any atom is 0.104 e. The van der Waals surface area contributed by atoms with Crippen molar-refractivity contribution in [1.82, 2.24) is 5.32 Å². The van der Waals surface area contributed by atoms with Crippen molar-refractivity contribution in [3.8, 4) is 0 Å². The van der Waals surface area contributed by atoms with Gasteiger partial charge in [-0.3, -0.25) is 0 Å². The Kier molecular flexibility index (Phi) is 2.84. The Morgan fingerprint density at radius 2 is 2.36 bits per heavy atom. The molecule has 0 aliphatic carbocycles. The molecule has 1 fully saturated rings. The highest BCUT2D eigenvalue weighted by Gasteiger charge is 2.28. The van der Waals surface area contributed by atoms with E-state index >= 15 is 0 Å². The van der Waals surface area contributed by atoms with Crippen LogP contribution in [0.1, 0.15) is 24.8 Å². The summed E-state index contributed by atoms with van der Waals surface area (Å²) in [6, 6.07) is 3.96. The average molecular weight is 232 g/mol. The van der Waals surface area contributed by atoms with E-state index in [2.05, 4.69) is 19.2 Å². The second kappa shape index (κ2) is 3.81. The number of nitrogens with one attached hydrogen (secondary N) is 1. The highest BCUT2D eigenvalue weighted by Crippen LogP contribution is 2.31. The smallest absolute Gasteiger partial charge is 0.104 e. The molecule has 2 heterocycles. The van der Waals surface area contributed by atoms with Crippen molar-refractivity contribution in [1.29, 1.82) is 0 Å². The van der Waals surface area contributed by atoms with Gasteiger partial charge in [-0.05, 0) is 26.0 Å². The lowest BCUT2D eigenvalue weighted by atomic mass is 10.0. The molecule has 2 nitrogen and oxygen atoms in total. The third-order valence-electron chi connectivity index (χ3n) is 2.32. The summed E-state index contributed by atoms with van der Waals surface area (Å²) in [4.78, 5) is 1.21. The Morgan fingerprint density at radius 1 is 1.57 bits per heavy atom. The van der Waals surface area contributed by atoms with E-state index in [1.807, 2.05) is 12.1 Å². The lowest BCUT2D eigenvalue weighted by molar-refractivity contribution is -0.0211. The summed E-state index contributed by atoms with van der Waals surface area (Å²) >= 11 is 7.47. The van der Waals surface area contributed by atoms with Gasteiger partial charge in [-0.2, -0.15) is 0 Å². The number of ether oxygens (including phenoxy) is 1. The Hall–Kier alpha value is -0.0900. The summed E-state index contributed by atoms with van der Waals surface area (Å²) < 4.78 is 6.61. The second-order valence-electron chi connectivity index (χ2n) is 4.21. The van der Waals surface area contributed by atoms with Crippen LogP contribution in [0.2, 0.25) is 4.34 Å². The zero-order chi connectivity index (χ0) is 10.2. The van der Waals surface area contributed by atoms with Gasteiger partial charge in [0, 0.05) is 17.0 Å². The van der Waals surface area contributed by atoms with E-state index in [-0.39, 0.29) is 11.6 Å². The number of rotatable bonds is 1. The van der Waals surface area contributed by atoms with Crippen LogP contribution in [-0.4, -0.2) is 18.7 Å². The van der Waals surface area contributed by atoms with Crippen LogP contribution in [0.5, 0.6) is 0 Å².